The third-order valence-electron chi connectivity index (χ3n) is 4.37. The van der Waals surface area contributed by atoms with E-state index in [-0.39, 0.29) is 17.9 Å². The second-order valence-electron chi connectivity index (χ2n) is 6.71. The van der Waals surface area contributed by atoms with E-state index >= 15 is 0 Å². The Labute approximate surface area is 128 Å². The summed E-state index contributed by atoms with van der Waals surface area (Å²) in [5.74, 6) is 0.742. The van der Waals surface area contributed by atoms with Crippen molar-refractivity contribution < 1.29 is 9.59 Å². The number of hydrogen-bond donors (Lipinski definition) is 1. The molecule has 21 heavy (non-hydrogen) atoms. The lowest BCUT2D eigenvalue weighted by Crippen LogP contribution is -2.53. The van der Waals surface area contributed by atoms with Gasteiger partial charge < -0.3 is 10.2 Å². The van der Waals surface area contributed by atoms with Crippen LogP contribution in [0.1, 0.15) is 46.0 Å². The first-order valence-electron chi connectivity index (χ1n) is 8.37. The quantitative estimate of drug-likeness (QED) is 0.830. The van der Waals surface area contributed by atoms with Crippen LogP contribution < -0.4 is 5.32 Å². The topological polar surface area (TPSA) is 52.7 Å². The standard InChI is InChI=1S/C16H29N3O2/c1-13(2)11-17-15(20)12-19-10-4-3-7-14(19)16(21)18-8-5-6-9-18/h13-14H,3-12H2,1-2H3,(H,17,20). The summed E-state index contributed by atoms with van der Waals surface area (Å²) in [6.45, 7) is 7.88. The molecule has 2 heterocycles. The second-order valence-corrected chi connectivity index (χ2v) is 6.71. The van der Waals surface area contributed by atoms with Gasteiger partial charge in [-0.2, -0.15) is 0 Å². The molecule has 2 aliphatic rings. The highest BCUT2D eigenvalue weighted by atomic mass is 16.2. The Hall–Kier alpha value is -1.10. The first kappa shape index (κ1) is 16.3. The molecule has 2 amide bonds. The zero-order chi connectivity index (χ0) is 15.2. The van der Waals surface area contributed by atoms with Crippen LogP contribution in [0.3, 0.4) is 0 Å². The largest absolute Gasteiger partial charge is 0.355 e. The summed E-state index contributed by atoms with van der Waals surface area (Å²) >= 11 is 0. The Morgan fingerprint density at radius 3 is 2.43 bits per heavy atom. The van der Waals surface area contributed by atoms with Crippen LogP contribution in [0.5, 0.6) is 0 Å². The van der Waals surface area contributed by atoms with Gasteiger partial charge in [0.05, 0.1) is 12.6 Å². The molecule has 0 aromatic carbocycles. The van der Waals surface area contributed by atoms with Gasteiger partial charge in [0.15, 0.2) is 0 Å². The van der Waals surface area contributed by atoms with E-state index in [1.165, 1.54) is 0 Å². The van der Waals surface area contributed by atoms with Crippen LogP contribution in [0.4, 0.5) is 0 Å². The van der Waals surface area contributed by atoms with Crippen LogP contribution in [0.15, 0.2) is 0 Å². The summed E-state index contributed by atoms with van der Waals surface area (Å²) in [5, 5.41) is 2.95. The van der Waals surface area contributed by atoms with Gasteiger partial charge in [0, 0.05) is 19.6 Å². The fourth-order valence-corrected chi connectivity index (χ4v) is 3.17. The number of nitrogens with zero attached hydrogens (tertiary/aromatic N) is 2. The minimum Gasteiger partial charge on any atom is -0.355 e. The number of nitrogens with one attached hydrogen (secondary N) is 1. The summed E-state index contributed by atoms with van der Waals surface area (Å²) in [5.41, 5.74) is 0. The van der Waals surface area contributed by atoms with Crippen molar-refractivity contribution in [3.05, 3.63) is 0 Å². The summed E-state index contributed by atoms with van der Waals surface area (Å²) in [6, 6.07) is -0.0818. The third kappa shape index (κ3) is 4.70. The zero-order valence-electron chi connectivity index (χ0n) is 13.4. The molecule has 0 aromatic heterocycles. The number of amides is 2. The van der Waals surface area contributed by atoms with Crippen LogP contribution in [0.25, 0.3) is 0 Å². The van der Waals surface area contributed by atoms with E-state index in [1.807, 2.05) is 4.90 Å². The van der Waals surface area contributed by atoms with E-state index in [0.717, 1.165) is 51.7 Å². The predicted molar refractivity (Wildman–Crippen MR) is 82.9 cm³/mol. The molecule has 0 spiro atoms. The first-order chi connectivity index (χ1) is 10.1. The summed E-state index contributed by atoms with van der Waals surface area (Å²) < 4.78 is 0. The van der Waals surface area contributed by atoms with Crippen molar-refractivity contribution in [2.24, 2.45) is 5.92 Å². The van der Waals surface area contributed by atoms with Gasteiger partial charge in [-0.15, -0.1) is 0 Å². The van der Waals surface area contributed by atoms with Crippen molar-refractivity contribution in [2.45, 2.75) is 52.0 Å². The van der Waals surface area contributed by atoms with Gasteiger partial charge >= 0.3 is 0 Å². The summed E-state index contributed by atoms with van der Waals surface area (Å²) in [7, 11) is 0. The van der Waals surface area contributed by atoms with E-state index in [1.54, 1.807) is 0 Å². The lowest BCUT2D eigenvalue weighted by molar-refractivity contribution is -0.138. The minimum atomic E-state index is -0.0818. The summed E-state index contributed by atoms with van der Waals surface area (Å²) in [4.78, 5) is 28.7. The molecule has 5 nitrogen and oxygen atoms in total. The Morgan fingerprint density at radius 2 is 1.76 bits per heavy atom. The number of likely N-dealkylation sites (tertiary alicyclic amines) is 2. The van der Waals surface area contributed by atoms with Gasteiger partial charge in [-0.25, -0.2) is 0 Å². The third-order valence-corrected chi connectivity index (χ3v) is 4.37. The number of hydrogen-bond acceptors (Lipinski definition) is 3. The molecule has 1 atom stereocenters. The smallest absolute Gasteiger partial charge is 0.239 e. The lowest BCUT2D eigenvalue weighted by Gasteiger charge is -2.36. The molecule has 2 rings (SSSR count). The normalized spacial score (nSPS) is 23.6. The molecule has 1 unspecified atom stereocenters. The maximum atomic E-state index is 12.6. The number of carbonyl (C=O) groups is 2. The van der Waals surface area contributed by atoms with E-state index in [9.17, 15) is 9.59 Å². The zero-order valence-corrected chi connectivity index (χ0v) is 13.4. The molecule has 5 heteroatoms. The van der Waals surface area contributed by atoms with Crippen LogP contribution in [0.2, 0.25) is 0 Å². The SMILES string of the molecule is CC(C)CNC(=O)CN1CCCCC1C(=O)N1CCCC1. The summed E-state index contributed by atoms with van der Waals surface area (Å²) in [6.07, 6.45) is 5.31. The molecule has 2 fully saturated rings. The molecule has 0 aromatic rings. The van der Waals surface area contributed by atoms with Gasteiger partial charge in [-0.05, 0) is 38.1 Å². The Kier molecular flexibility index (Phi) is 6.03. The molecular weight excluding hydrogens is 266 g/mol. The Bertz CT molecular complexity index is 365. The molecule has 2 aliphatic heterocycles. The molecule has 0 bridgehead atoms. The minimum absolute atomic E-state index is 0.0461. The van der Waals surface area contributed by atoms with Gasteiger partial charge in [0.25, 0.3) is 0 Å². The average molecular weight is 295 g/mol. The molecular formula is C16H29N3O2. The van der Waals surface area contributed by atoms with Gasteiger partial charge in [0.2, 0.25) is 11.8 Å². The van der Waals surface area contributed by atoms with E-state index in [2.05, 4.69) is 24.1 Å². The molecule has 0 radical (unpaired) electrons. The monoisotopic (exact) mass is 295 g/mol. The first-order valence-corrected chi connectivity index (χ1v) is 8.37. The highest BCUT2D eigenvalue weighted by Crippen LogP contribution is 2.20. The van der Waals surface area contributed by atoms with Crippen molar-refractivity contribution in [3.63, 3.8) is 0 Å². The highest BCUT2D eigenvalue weighted by molar-refractivity contribution is 5.84. The number of piperidine rings is 1. The molecule has 1 N–H and O–H groups in total. The molecule has 2 saturated heterocycles. The van der Waals surface area contributed by atoms with Crippen LogP contribution in [-0.2, 0) is 9.59 Å². The van der Waals surface area contributed by atoms with Crippen molar-refractivity contribution >= 4 is 11.8 Å². The maximum absolute atomic E-state index is 12.6. The molecule has 0 aliphatic carbocycles. The van der Waals surface area contributed by atoms with E-state index in [4.69, 9.17) is 0 Å². The van der Waals surface area contributed by atoms with E-state index in [0.29, 0.717) is 19.0 Å². The number of carbonyl (C=O) groups excluding carboxylic acids is 2. The maximum Gasteiger partial charge on any atom is 0.239 e. The van der Waals surface area contributed by atoms with Crippen molar-refractivity contribution in [1.82, 2.24) is 15.1 Å². The fraction of sp³-hybridized carbons (Fsp3) is 0.875. The predicted octanol–water partition coefficient (Wildman–Crippen LogP) is 1.24. The van der Waals surface area contributed by atoms with Crippen LogP contribution >= 0.6 is 0 Å². The van der Waals surface area contributed by atoms with E-state index < -0.39 is 0 Å². The second kappa shape index (κ2) is 7.78. The lowest BCUT2D eigenvalue weighted by atomic mass is 10.0. The molecule has 0 saturated carbocycles. The van der Waals surface area contributed by atoms with Crippen molar-refractivity contribution in [2.75, 3.05) is 32.7 Å². The van der Waals surface area contributed by atoms with Crippen LogP contribution in [-0.4, -0.2) is 60.4 Å². The van der Waals surface area contributed by atoms with Gasteiger partial charge in [-0.3, -0.25) is 14.5 Å². The van der Waals surface area contributed by atoms with Crippen molar-refractivity contribution in [3.8, 4) is 0 Å². The Morgan fingerprint density at radius 1 is 1.10 bits per heavy atom. The average Bonchev–Trinajstić information content (AvgIpc) is 2.99. The van der Waals surface area contributed by atoms with Gasteiger partial charge in [0.1, 0.15) is 0 Å². The molecule has 120 valence electrons. The Balaban J connectivity index is 1.88. The fourth-order valence-electron chi connectivity index (χ4n) is 3.17. The number of rotatable bonds is 5. The van der Waals surface area contributed by atoms with Crippen molar-refractivity contribution in [1.29, 1.82) is 0 Å². The van der Waals surface area contributed by atoms with Crippen LogP contribution in [0, 0.1) is 5.92 Å². The van der Waals surface area contributed by atoms with Gasteiger partial charge in [-0.1, -0.05) is 20.3 Å². The highest BCUT2D eigenvalue weighted by Gasteiger charge is 2.33.